The van der Waals surface area contributed by atoms with Gasteiger partial charge >= 0.3 is 11.8 Å². The summed E-state index contributed by atoms with van der Waals surface area (Å²) in [6.45, 7) is 0.401. The van der Waals surface area contributed by atoms with Crippen LogP contribution in [0.3, 0.4) is 0 Å². The van der Waals surface area contributed by atoms with Gasteiger partial charge < -0.3 is 31.9 Å². The topological polar surface area (TPSA) is 195 Å². The molecule has 318 valence electrons. The van der Waals surface area contributed by atoms with Gasteiger partial charge in [0.15, 0.2) is 5.82 Å². The van der Waals surface area contributed by atoms with Crippen molar-refractivity contribution in [2.24, 2.45) is 17.6 Å². The Bertz CT molecular complexity index is 2050. The van der Waals surface area contributed by atoms with Crippen LogP contribution in [0.4, 0.5) is 23.2 Å². The van der Waals surface area contributed by atoms with Crippen LogP contribution in [-0.2, 0) is 21.9 Å². The van der Waals surface area contributed by atoms with Gasteiger partial charge in [0.25, 0.3) is 5.91 Å². The summed E-state index contributed by atoms with van der Waals surface area (Å²) < 4.78 is 55.7. The van der Waals surface area contributed by atoms with Crippen LogP contribution in [-0.4, -0.2) is 80.4 Å². The van der Waals surface area contributed by atoms with E-state index in [0.717, 1.165) is 47.9 Å². The average Bonchev–Trinajstić information content (AvgIpc) is 3.73. The number of nitrogens with zero attached hydrogens (tertiary/aromatic N) is 2. The molecular formula is C42H50ClF4N7O5. The number of carbonyl (C=O) groups is 3. The summed E-state index contributed by atoms with van der Waals surface area (Å²) in [5.74, 6) is -12.1. The number of aromatic nitrogens is 3. The molecule has 3 aromatic carbocycles. The Kier molecular flexibility index (Phi) is 14.9. The van der Waals surface area contributed by atoms with Crippen LogP contribution >= 0.6 is 12.4 Å². The Morgan fingerprint density at radius 3 is 2.15 bits per heavy atom. The van der Waals surface area contributed by atoms with Crippen LogP contribution in [0.25, 0.3) is 22.5 Å². The molecule has 2 fully saturated rings. The van der Waals surface area contributed by atoms with Gasteiger partial charge in [0.1, 0.15) is 12.6 Å². The van der Waals surface area contributed by atoms with E-state index >= 15 is 0 Å². The van der Waals surface area contributed by atoms with E-state index in [2.05, 4.69) is 31.1 Å². The number of nitrogens with two attached hydrogens (primary N) is 1. The molecule has 0 spiro atoms. The lowest BCUT2D eigenvalue weighted by Crippen LogP contribution is -2.48. The summed E-state index contributed by atoms with van der Waals surface area (Å²) in [5.41, 5.74) is 10.4. The second-order valence-corrected chi connectivity index (χ2v) is 15.4. The number of nitrogens with one attached hydrogen (secondary N) is 4. The van der Waals surface area contributed by atoms with E-state index in [-0.39, 0.29) is 60.1 Å². The molecule has 2 aliphatic rings. The molecule has 2 saturated carbocycles. The lowest BCUT2D eigenvalue weighted by atomic mass is 9.81. The highest BCUT2D eigenvalue weighted by atomic mass is 35.5. The fraction of sp³-hybridized carbons (Fsp3) is 0.452. The van der Waals surface area contributed by atoms with Crippen molar-refractivity contribution in [2.75, 3.05) is 18.5 Å². The minimum atomic E-state index is -4.82. The molecule has 17 heteroatoms. The SMILES string of the molecule is Cc1cc(C(=O)NC2CCC(O)CC2)ccc1-c1ccc(C[C@H](NC(=O)C2CCC(CN)CC2)C(=O)Nc2ccc(-c3nc(C(F)(F)C(F)(F)CO)n[nH]3)cc2)cc1.Cl. The highest BCUT2D eigenvalue weighted by Crippen LogP contribution is 2.41. The zero-order chi connectivity index (χ0) is 41.6. The fourth-order valence-electron chi connectivity index (χ4n) is 7.57. The number of rotatable bonds is 14. The zero-order valence-corrected chi connectivity index (χ0v) is 33.3. The van der Waals surface area contributed by atoms with E-state index in [9.17, 15) is 37.1 Å². The first-order valence-corrected chi connectivity index (χ1v) is 19.6. The monoisotopic (exact) mass is 843 g/mol. The molecule has 3 amide bonds. The van der Waals surface area contributed by atoms with Crippen molar-refractivity contribution in [3.05, 3.63) is 89.2 Å². The number of benzene rings is 3. The lowest BCUT2D eigenvalue weighted by molar-refractivity contribution is -0.236. The molecule has 12 nitrogen and oxygen atoms in total. The second kappa shape index (κ2) is 19.4. The Morgan fingerprint density at radius 1 is 0.898 bits per heavy atom. The third-order valence-electron chi connectivity index (χ3n) is 11.3. The van der Waals surface area contributed by atoms with Crippen LogP contribution in [0.5, 0.6) is 0 Å². The predicted octanol–water partition coefficient (Wildman–Crippen LogP) is 6.05. The van der Waals surface area contributed by atoms with Crippen molar-refractivity contribution in [3.8, 4) is 22.5 Å². The molecular weight excluding hydrogens is 794 g/mol. The number of carbonyl (C=O) groups excluding carboxylic acids is 3. The molecule has 0 aliphatic heterocycles. The molecule has 0 radical (unpaired) electrons. The minimum Gasteiger partial charge on any atom is -0.393 e. The van der Waals surface area contributed by atoms with Crippen LogP contribution in [0.2, 0.25) is 0 Å². The molecule has 2 aliphatic carbocycles. The van der Waals surface area contributed by atoms with Crippen molar-refractivity contribution < 1.29 is 42.2 Å². The smallest absolute Gasteiger partial charge is 0.372 e. The van der Waals surface area contributed by atoms with Gasteiger partial charge in [0.05, 0.1) is 6.10 Å². The van der Waals surface area contributed by atoms with Crippen molar-refractivity contribution in [2.45, 2.75) is 94.7 Å². The van der Waals surface area contributed by atoms with Gasteiger partial charge in [0.2, 0.25) is 17.6 Å². The predicted molar refractivity (Wildman–Crippen MR) is 216 cm³/mol. The van der Waals surface area contributed by atoms with Crippen molar-refractivity contribution in [3.63, 3.8) is 0 Å². The number of amides is 3. The Hall–Kier alpha value is -4.90. The third-order valence-corrected chi connectivity index (χ3v) is 11.3. The van der Waals surface area contributed by atoms with E-state index in [1.54, 1.807) is 6.07 Å². The van der Waals surface area contributed by atoms with Crippen LogP contribution in [0.1, 0.15) is 78.7 Å². The standard InChI is InChI=1S/C42H49F4N7O5.ClH/c1-24-20-30(38(57)48-32-15-17-33(55)18-16-32)12-19-34(24)27-6-2-25(3-7-27)21-35(50-37(56)29-8-4-26(22-47)5-9-29)39(58)49-31-13-10-28(11-14-31)36-51-40(53-52-36)42(45,46)41(43,44)23-54;/h2-3,6-7,10-14,19-20,26,29,32-33,35,54-55H,4-5,8-9,15-18,21-23,47H2,1H3,(H,48,57)(H,49,58)(H,50,56)(H,51,52,53);1H/t26?,29?,32?,33?,35-;/m0./s1. The maximum Gasteiger partial charge on any atom is 0.372 e. The number of aryl methyl sites for hydroxylation is 1. The van der Waals surface area contributed by atoms with Crippen LogP contribution in [0.15, 0.2) is 66.7 Å². The van der Waals surface area contributed by atoms with Crippen LogP contribution < -0.4 is 21.7 Å². The van der Waals surface area contributed by atoms with E-state index in [0.29, 0.717) is 49.4 Å². The number of halogens is 5. The molecule has 1 heterocycles. The Morgan fingerprint density at radius 2 is 1.54 bits per heavy atom. The number of hydrogen-bond acceptors (Lipinski definition) is 8. The van der Waals surface area contributed by atoms with Gasteiger partial charge in [-0.15, -0.1) is 12.4 Å². The highest BCUT2D eigenvalue weighted by Gasteiger charge is 2.60. The molecule has 1 aromatic heterocycles. The molecule has 0 unspecified atom stereocenters. The summed E-state index contributed by atoms with van der Waals surface area (Å²) in [6, 6.07) is 18.0. The number of alkyl halides is 4. The number of anilines is 1. The maximum atomic E-state index is 14.2. The van der Waals surface area contributed by atoms with Crippen molar-refractivity contribution >= 4 is 35.8 Å². The average molecular weight is 844 g/mol. The number of aromatic amines is 1. The molecule has 6 rings (SSSR count). The van der Waals surface area contributed by atoms with Crippen molar-refractivity contribution in [1.29, 1.82) is 0 Å². The minimum absolute atomic E-state index is 0. The Labute approximate surface area is 345 Å². The molecule has 59 heavy (non-hydrogen) atoms. The van der Waals surface area contributed by atoms with Gasteiger partial charge in [0, 0.05) is 35.2 Å². The third kappa shape index (κ3) is 10.8. The molecule has 0 bridgehead atoms. The summed E-state index contributed by atoms with van der Waals surface area (Å²) >= 11 is 0. The van der Waals surface area contributed by atoms with Crippen molar-refractivity contribution in [1.82, 2.24) is 25.8 Å². The quantitative estimate of drug-likeness (QED) is 0.0745. The fourth-order valence-corrected chi connectivity index (χ4v) is 7.57. The normalized spacial score (nSPS) is 20.2. The molecule has 8 N–H and O–H groups in total. The first-order chi connectivity index (χ1) is 27.7. The van der Waals surface area contributed by atoms with E-state index < -0.39 is 36.2 Å². The van der Waals surface area contributed by atoms with Gasteiger partial charge in [-0.1, -0.05) is 30.3 Å². The highest BCUT2D eigenvalue weighted by molar-refractivity contribution is 5.98. The second-order valence-electron chi connectivity index (χ2n) is 15.4. The molecule has 4 aromatic rings. The summed E-state index contributed by atoms with van der Waals surface area (Å²) in [7, 11) is 0. The van der Waals surface area contributed by atoms with Gasteiger partial charge in [-0.25, -0.2) is 4.98 Å². The largest absolute Gasteiger partial charge is 0.393 e. The van der Waals surface area contributed by atoms with Gasteiger partial charge in [-0.05, 0) is 129 Å². The summed E-state index contributed by atoms with van der Waals surface area (Å²) in [4.78, 5) is 43.8. The van der Waals surface area contributed by atoms with Gasteiger partial charge in [-0.3, -0.25) is 19.5 Å². The van der Waals surface area contributed by atoms with E-state index in [1.165, 1.54) is 24.3 Å². The number of aliphatic hydroxyl groups is 2. The summed E-state index contributed by atoms with van der Waals surface area (Å²) in [5, 5.41) is 32.8. The van der Waals surface area contributed by atoms with E-state index in [1.807, 2.05) is 43.3 Å². The number of H-pyrrole nitrogens is 1. The molecule has 0 saturated heterocycles. The molecule has 1 atom stereocenters. The summed E-state index contributed by atoms with van der Waals surface area (Å²) in [6.07, 6.45) is 5.66. The first-order valence-electron chi connectivity index (χ1n) is 19.6. The maximum absolute atomic E-state index is 14.2. The first kappa shape index (κ1) is 45.2. The lowest BCUT2D eigenvalue weighted by Gasteiger charge is -2.28. The Balaban J connectivity index is 0.00000661. The number of aliphatic hydroxyl groups excluding tert-OH is 2. The van der Waals surface area contributed by atoms with Crippen LogP contribution in [0, 0.1) is 18.8 Å². The van der Waals surface area contributed by atoms with Gasteiger partial charge in [-0.2, -0.15) is 22.7 Å². The van der Waals surface area contributed by atoms with E-state index in [4.69, 9.17) is 10.8 Å². The zero-order valence-electron chi connectivity index (χ0n) is 32.5. The number of hydrogen-bond donors (Lipinski definition) is 7.